The number of halogens is 2. The Morgan fingerprint density at radius 2 is 1.68 bits per heavy atom. The van der Waals surface area contributed by atoms with E-state index in [0.717, 1.165) is 11.6 Å². The minimum absolute atomic E-state index is 0.0703. The molecule has 0 amide bonds. The second-order valence-electron chi connectivity index (χ2n) is 4.43. The third kappa shape index (κ3) is 3.51. The molecule has 0 saturated carbocycles. The minimum atomic E-state index is -0.466. The third-order valence-electron chi connectivity index (χ3n) is 2.98. The lowest BCUT2D eigenvalue weighted by molar-refractivity contribution is 0.446. The van der Waals surface area contributed by atoms with E-state index >= 15 is 0 Å². The van der Waals surface area contributed by atoms with Crippen molar-refractivity contribution < 1.29 is 13.9 Å². The van der Waals surface area contributed by atoms with Crippen molar-refractivity contribution in [2.75, 3.05) is 0 Å². The molecule has 0 aliphatic carbocycles. The smallest absolute Gasteiger partial charge is 0.126 e. The van der Waals surface area contributed by atoms with E-state index in [2.05, 4.69) is 5.32 Å². The monoisotopic (exact) mass is 263 g/mol. The summed E-state index contributed by atoms with van der Waals surface area (Å²) in [6, 6.07) is 10.0. The summed E-state index contributed by atoms with van der Waals surface area (Å²) in [6.07, 6.45) is 0. The fourth-order valence-corrected chi connectivity index (χ4v) is 1.87. The van der Waals surface area contributed by atoms with Crippen molar-refractivity contribution in [1.29, 1.82) is 0 Å². The van der Waals surface area contributed by atoms with Crippen molar-refractivity contribution in [1.82, 2.24) is 5.32 Å². The van der Waals surface area contributed by atoms with Crippen molar-refractivity contribution in [3.05, 3.63) is 65.2 Å². The molecule has 0 aromatic heterocycles. The van der Waals surface area contributed by atoms with E-state index in [1.165, 1.54) is 18.2 Å². The van der Waals surface area contributed by atoms with Crippen molar-refractivity contribution >= 4 is 0 Å². The van der Waals surface area contributed by atoms with E-state index < -0.39 is 5.82 Å². The zero-order valence-electron chi connectivity index (χ0n) is 10.5. The minimum Gasteiger partial charge on any atom is -0.508 e. The van der Waals surface area contributed by atoms with Crippen LogP contribution in [-0.2, 0) is 6.54 Å². The first-order chi connectivity index (χ1) is 9.06. The average molecular weight is 263 g/mol. The fraction of sp³-hybridized carbons (Fsp3) is 0.200. The summed E-state index contributed by atoms with van der Waals surface area (Å²) in [4.78, 5) is 0. The Morgan fingerprint density at radius 3 is 2.32 bits per heavy atom. The van der Waals surface area contributed by atoms with Gasteiger partial charge in [0.05, 0.1) is 0 Å². The van der Waals surface area contributed by atoms with Crippen LogP contribution in [0.15, 0.2) is 42.5 Å². The summed E-state index contributed by atoms with van der Waals surface area (Å²) in [6.45, 7) is 2.41. The molecule has 2 nitrogen and oxygen atoms in total. The topological polar surface area (TPSA) is 32.3 Å². The molecule has 1 unspecified atom stereocenters. The van der Waals surface area contributed by atoms with Gasteiger partial charge < -0.3 is 10.4 Å². The lowest BCUT2D eigenvalue weighted by Gasteiger charge is -2.15. The number of phenolic OH excluding ortho intramolecular Hbond substituents is 1. The van der Waals surface area contributed by atoms with Gasteiger partial charge in [0.15, 0.2) is 0 Å². The van der Waals surface area contributed by atoms with Gasteiger partial charge in [-0.25, -0.2) is 8.78 Å². The second-order valence-corrected chi connectivity index (χ2v) is 4.43. The highest BCUT2D eigenvalue weighted by Gasteiger charge is 2.10. The van der Waals surface area contributed by atoms with Crippen LogP contribution in [0.3, 0.4) is 0 Å². The van der Waals surface area contributed by atoms with Crippen LogP contribution in [-0.4, -0.2) is 5.11 Å². The molecule has 1 atom stereocenters. The lowest BCUT2D eigenvalue weighted by atomic mass is 10.1. The lowest BCUT2D eigenvalue weighted by Crippen LogP contribution is -2.18. The molecule has 2 N–H and O–H groups in total. The van der Waals surface area contributed by atoms with Gasteiger partial charge in [-0.05, 0) is 30.7 Å². The van der Waals surface area contributed by atoms with Crippen LogP contribution in [0.25, 0.3) is 0 Å². The molecule has 2 aromatic carbocycles. The number of rotatable bonds is 4. The molecule has 0 saturated heterocycles. The summed E-state index contributed by atoms with van der Waals surface area (Å²) in [5.41, 5.74) is 1.57. The molecule has 100 valence electrons. The fourth-order valence-electron chi connectivity index (χ4n) is 1.87. The Balaban J connectivity index is 2.01. The van der Waals surface area contributed by atoms with Crippen LogP contribution in [0.4, 0.5) is 8.78 Å². The average Bonchev–Trinajstić information content (AvgIpc) is 2.37. The highest BCUT2D eigenvalue weighted by Crippen LogP contribution is 2.24. The molecule has 2 rings (SSSR count). The zero-order chi connectivity index (χ0) is 13.8. The predicted octanol–water partition coefficient (Wildman–Crippen LogP) is 3.52. The van der Waals surface area contributed by atoms with Crippen molar-refractivity contribution in [3.8, 4) is 5.75 Å². The van der Waals surface area contributed by atoms with Gasteiger partial charge in [0.25, 0.3) is 0 Å². The van der Waals surface area contributed by atoms with Crippen molar-refractivity contribution in [3.63, 3.8) is 0 Å². The highest BCUT2D eigenvalue weighted by molar-refractivity contribution is 5.35. The van der Waals surface area contributed by atoms with E-state index in [1.54, 1.807) is 18.2 Å². The van der Waals surface area contributed by atoms with Crippen LogP contribution in [0.2, 0.25) is 0 Å². The number of nitrogens with one attached hydrogen (secondary N) is 1. The molecule has 0 spiro atoms. The SMILES string of the molecule is CC(NCc1ccc(F)cc1)c1ccc(F)cc1O. The van der Waals surface area contributed by atoms with Gasteiger partial charge >= 0.3 is 0 Å². The molecule has 0 bridgehead atoms. The largest absolute Gasteiger partial charge is 0.508 e. The molecule has 0 aliphatic heterocycles. The quantitative estimate of drug-likeness (QED) is 0.884. The first kappa shape index (κ1) is 13.5. The highest BCUT2D eigenvalue weighted by atomic mass is 19.1. The predicted molar refractivity (Wildman–Crippen MR) is 69.7 cm³/mol. The summed E-state index contributed by atoms with van der Waals surface area (Å²) in [7, 11) is 0. The molecule has 4 heteroatoms. The van der Waals surface area contributed by atoms with Gasteiger partial charge in [-0.15, -0.1) is 0 Å². The van der Waals surface area contributed by atoms with E-state index in [0.29, 0.717) is 12.1 Å². The molecule has 2 aromatic rings. The summed E-state index contributed by atoms with van der Waals surface area (Å²) >= 11 is 0. The molecule has 0 heterocycles. The van der Waals surface area contributed by atoms with Gasteiger partial charge in [-0.1, -0.05) is 18.2 Å². The van der Waals surface area contributed by atoms with Gasteiger partial charge in [-0.3, -0.25) is 0 Å². The van der Waals surface area contributed by atoms with E-state index in [-0.39, 0.29) is 17.6 Å². The Labute approximate surface area is 110 Å². The Bertz CT molecular complexity index is 555. The van der Waals surface area contributed by atoms with Crippen LogP contribution in [0.5, 0.6) is 5.75 Å². The Morgan fingerprint density at radius 1 is 1.05 bits per heavy atom. The van der Waals surface area contributed by atoms with Crippen LogP contribution in [0.1, 0.15) is 24.1 Å². The van der Waals surface area contributed by atoms with Crippen LogP contribution < -0.4 is 5.32 Å². The number of phenols is 1. The molecule has 0 fully saturated rings. The summed E-state index contributed by atoms with van der Waals surface area (Å²) in [5, 5.41) is 12.9. The second kappa shape index (κ2) is 5.80. The standard InChI is InChI=1S/C15H15F2NO/c1-10(14-7-6-13(17)8-15(14)19)18-9-11-2-4-12(16)5-3-11/h2-8,10,18-19H,9H2,1H3. The third-order valence-corrected chi connectivity index (χ3v) is 2.98. The van der Waals surface area contributed by atoms with Gasteiger partial charge in [0, 0.05) is 24.2 Å². The summed E-state index contributed by atoms with van der Waals surface area (Å²) < 4.78 is 25.6. The van der Waals surface area contributed by atoms with E-state index in [9.17, 15) is 13.9 Å². The zero-order valence-corrected chi connectivity index (χ0v) is 10.5. The number of hydrogen-bond donors (Lipinski definition) is 2. The number of aromatic hydroxyl groups is 1. The van der Waals surface area contributed by atoms with Gasteiger partial charge in [-0.2, -0.15) is 0 Å². The number of hydrogen-bond acceptors (Lipinski definition) is 2. The van der Waals surface area contributed by atoms with Crippen molar-refractivity contribution in [2.45, 2.75) is 19.5 Å². The first-order valence-electron chi connectivity index (χ1n) is 6.02. The molecule has 0 radical (unpaired) electrons. The molecular formula is C15H15F2NO. The maximum absolute atomic E-state index is 12.9. The van der Waals surface area contributed by atoms with E-state index in [4.69, 9.17) is 0 Å². The van der Waals surface area contributed by atoms with Crippen LogP contribution >= 0.6 is 0 Å². The molecular weight excluding hydrogens is 248 g/mol. The van der Waals surface area contributed by atoms with Gasteiger partial charge in [0.1, 0.15) is 17.4 Å². The maximum Gasteiger partial charge on any atom is 0.126 e. The van der Waals surface area contributed by atoms with E-state index in [1.807, 2.05) is 6.92 Å². The maximum atomic E-state index is 12.9. The normalized spacial score (nSPS) is 12.4. The molecule has 0 aliphatic rings. The van der Waals surface area contributed by atoms with Crippen LogP contribution in [0, 0.1) is 11.6 Å². The Kier molecular flexibility index (Phi) is 4.12. The summed E-state index contributed by atoms with van der Waals surface area (Å²) in [5.74, 6) is -0.806. The first-order valence-corrected chi connectivity index (χ1v) is 6.02. The molecule has 19 heavy (non-hydrogen) atoms. The Hall–Kier alpha value is -1.94. The van der Waals surface area contributed by atoms with Gasteiger partial charge in [0.2, 0.25) is 0 Å². The van der Waals surface area contributed by atoms with Crippen molar-refractivity contribution in [2.24, 2.45) is 0 Å². The number of benzene rings is 2.